The van der Waals surface area contributed by atoms with Crippen LogP contribution in [0, 0.1) is 0 Å². The van der Waals surface area contributed by atoms with Crippen LogP contribution in [-0.4, -0.2) is 30.4 Å². The third-order valence-electron chi connectivity index (χ3n) is 3.16. The number of carbonyl (C=O) groups excluding carboxylic acids is 1. The average molecular weight is 407 g/mol. The molecule has 0 heterocycles. The van der Waals surface area contributed by atoms with E-state index in [1.54, 1.807) is 30.3 Å². The minimum absolute atomic E-state index is 0.0703. The normalized spacial score (nSPS) is 10.7. The predicted octanol–water partition coefficient (Wildman–Crippen LogP) is 3.72. The number of hydrazone groups is 1. The minimum Gasteiger partial charge on any atom is -0.507 e. The van der Waals surface area contributed by atoms with E-state index in [-0.39, 0.29) is 5.75 Å². The van der Waals surface area contributed by atoms with E-state index in [2.05, 4.69) is 26.5 Å². The van der Waals surface area contributed by atoms with E-state index in [9.17, 15) is 9.90 Å². The number of nitrogens with zero attached hydrogens (tertiary/aromatic N) is 1. The number of halogens is 1. The Labute approximate surface area is 154 Å². The first-order valence-electron chi connectivity index (χ1n) is 7.76. The molecule has 0 unspecified atom stereocenters. The molecule has 0 bridgehead atoms. The van der Waals surface area contributed by atoms with E-state index in [4.69, 9.17) is 9.47 Å². The fourth-order valence-corrected chi connectivity index (χ4v) is 2.42. The second kappa shape index (κ2) is 9.08. The highest BCUT2D eigenvalue weighted by molar-refractivity contribution is 9.10. The Balaban J connectivity index is 2.11. The Bertz CT molecular complexity index is 778. The van der Waals surface area contributed by atoms with E-state index in [1.807, 2.05) is 13.8 Å². The topological polar surface area (TPSA) is 80.2 Å². The molecular weight excluding hydrogens is 388 g/mol. The van der Waals surface area contributed by atoms with Gasteiger partial charge in [-0.05, 0) is 50.2 Å². The van der Waals surface area contributed by atoms with Gasteiger partial charge < -0.3 is 14.6 Å². The van der Waals surface area contributed by atoms with Gasteiger partial charge in [0.15, 0.2) is 11.5 Å². The summed E-state index contributed by atoms with van der Waals surface area (Å²) in [7, 11) is 0. The molecule has 0 fully saturated rings. The summed E-state index contributed by atoms with van der Waals surface area (Å²) in [5.74, 6) is 0.768. The van der Waals surface area contributed by atoms with Crippen LogP contribution in [-0.2, 0) is 0 Å². The lowest BCUT2D eigenvalue weighted by molar-refractivity contribution is 0.0954. The van der Waals surface area contributed by atoms with Crippen LogP contribution < -0.4 is 14.9 Å². The summed E-state index contributed by atoms with van der Waals surface area (Å²) in [5, 5.41) is 13.6. The van der Waals surface area contributed by atoms with Crippen LogP contribution in [0.1, 0.15) is 29.8 Å². The number of benzene rings is 2. The molecule has 7 heteroatoms. The lowest BCUT2D eigenvalue weighted by atomic mass is 10.2. The van der Waals surface area contributed by atoms with E-state index >= 15 is 0 Å². The van der Waals surface area contributed by atoms with Crippen molar-refractivity contribution in [1.29, 1.82) is 0 Å². The first-order chi connectivity index (χ1) is 12.0. The van der Waals surface area contributed by atoms with Crippen molar-refractivity contribution in [2.75, 3.05) is 13.2 Å². The van der Waals surface area contributed by atoms with Gasteiger partial charge in [0.25, 0.3) is 5.91 Å². The maximum Gasteiger partial charge on any atom is 0.271 e. The molecule has 2 N–H and O–H groups in total. The lowest BCUT2D eigenvalue weighted by Gasteiger charge is -2.11. The van der Waals surface area contributed by atoms with Gasteiger partial charge in [-0.2, -0.15) is 5.10 Å². The molecule has 0 aliphatic rings. The number of carbonyl (C=O) groups is 1. The highest BCUT2D eigenvalue weighted by atomic mass is 79.9. The van der Waals surface area contributed by atoms with Gasteiger partial charge in [-0.25, -0.2) is 5.43 Å². The highest BCUT2D eigenvalue weighted by Crippen LogP contribution is 2.28. The molecule has 0 aliphatic heterocycles. The van der Waals surface area contributed by atoms with Gasteiger partial charge in [-0.3, -0.25) is 4.79 Å². The number of amides is 1. The first kappa shape index (κ1) is 18.8. The zero-order valence-corrected chi connectivity index (χ0v) is 15.5. The van der Waals surface area contributed by atoms with Crippen molar-refractivity contribution in [3.05, 3.63) is 52.0 Å². The molecule has 0 saturated heterocycles. The SMILES string of the molecule is CCOc1ccc(C(=O)N/N=C/c2cc(Br)ccc2O)cc1OCC. The van der Waals surface area contributed by atoms with Crippen molar-refractivity contribution in [1.82, 2.24) is 5.43 Å². The summed E-state index contributed by atoms with van der Waals surface area (Å²) in [5.41, 5.74) is 3.30. The number of aromatic hydroxyl groups is 1. The molecule has 0 spiro atoms. The van der Waals surface area contributed by atoms with Crippen LogP contribution in [0.4, 0.5) is 0 Å². The van der Waals surface area contributed by atoms with Crippen LogP contribution in [0.2, 0.25) is 0 Å². The fraction of sp³-hybridized carbons (Fsp3) is 0.222. The molecule has 2 rings (SSSR count). The lowest BCUT2D eigenvalue weighted by Crippen LogP contribution is -2.17. The Morgan fingerprint density at radius 3 is 2.60 bits per heavy atom. The highest BCUT2D eigenvalue weighted by Gasteiger charge is 2.11. The molecule has 6 nitrogen and oxygen atoms in total. The summed E-state index contributed by atoms with van der Waals surface area (Å²) in [6, 6.07) is 9.86. The monoisotopic (exact) mass is 406 g/mol. The third-order valence-corrected chi connectivity index (χ3v) is 3.66. The second-order valence-electron chi connectivity index (χ2n) is 4.93. The van der Waals surface area contributed by atoms with Crippen LogP contribution in [0.5, 0.6) is 17.2 Å². The third kappa shape index (κ3) is 5.22. The molecular formula is C18H19BrN2O4. The van der Waals surface area contributed by atoms with Crippen LogP contribution >= 0.6 is 15.9 Å². The molecule has 2 aromatic rings. The summed E-state index contributed by atoms with van der Waals surface area (Å²) >= 11 is 3.31. The van der Waals surface area contributed by atoms with Crippen LogP contribution in [0.3, 0.4) is 0 Å². The molecule has 25 heavy (non-hydrogen) atoms. The number of ether oxygens (including phenoxy) is 2. The van der Waals surface area contributed by atoms with Gasteiger partial charge in [0.1, 0.15) is 5.75 Å². The number of phenols is 1. The van der Waals surface area contributed by atoms with Gasteiger partial charge in [-0.15, -0.1) is 0 Å². The van der Waals surface area contributed by atoms with E-state index < -0.39 is 5.91 Å². The van der Waals surface area contributed by atoms with Crippen molar-refractivity contribution < 1.29 is 19.4 Å². The van der Waals surface area contributed by atoms with Crippen LogP contribution in [0.15, 0.2) is 46.0 Å². The summed E-state index contributed by atoms with van der Waals surface area (Å²) in [4.78, 5) is 12.2. The number of phenolic OH excluding ortho intramolecular Hbond substituents is 1. The number of hydrogen-bond acceptors (Lipinski definition) is 5. The average Bonchev–Trinajstić information content (AvgIpc) is 2.59. The van der Waals surface area contributed by atoms with E-state index in [1.165, 1.54) is 12.3 Å². The quantitative estimate of drug-likeness (QED) is 0.542. The van der Waals surface area contributed by atoms with Crippen molar-refractivity contribution in [2.45, 2.75) is 13.8 Å². The molecule has 132 valence electrons. The maximum absolute atomic E-state index is 12.2. The molecule has 0 radical (unpaired) electrons. The molecule has 0 atom stereocenters. The first-order valence-corrected chi connectivity index (χ1v) is 8.56. The Morgan fingerprint density at radius 2 is 1.88 bits per heavy atom. The largest absolute Gasteiger partial charge is 0.507 e. The van der Waals surface area contributed by atoms with Gasteiger partial charge in [-0.1, -0.05) is 15.9 Å². The van der Waals surface area contributed by atoms with Crippen molar-refractivity contribution in [3.8, 4) is 17.2 Å². The van der Waals surface area contributed by atoms with Gasteiger partial charge in [0, 0.05) is 15.6 Å². The van der Waals surface area contributed by atoms with Gasteiger partial charge in [0.05, 0.1) is 19.4 Å². The molecule has 2 aromatic carbocycles. The van der Waals surface area contributed by atoms with Crippen molar-refractivity contribution in [3.63, 3.8) is 0 Å². The summed E-state index contributed by atoms with van der Waals surface area (Å²) in [6.07, 6.45) is 1.37. The smallest absolute Gasteiger partial charge is 0.271 e. The Kier molecular flexibility index (Phi) is 6.82. The maximum atomic E-state index is 12.2. The second-order valence-corrected chi connectivity index (χ2v) is 5.85. The van der Waals surface area contributed by atoms with Gasteiger partial charge in [0.2, 0.25) is 0 Å². The minimum atomic E-state index is -0.394. The summed E-state index contributed by atoms with van der Waals surface area (Å²) < 4.78 is 11.8. The van der Waals surface area contributed by atoms with Gasteiger partial charge >= 0.3 is 0 Å². The summed E-state index contributed by atoms with van der Waals surface area (Å²) in [6.45, 7) is 4.71. The molecule has 0 aliphatic carbocycles. The number of rotatable bonds is 7. The van der Waals surface area contributed by atoms with E-state index in [0.29, 0.717) is 35.8 Å². The predicted molar refractivity (Wildman–Crippen MR) is 99.6 cm³/mol. The Hall–Kier alpha value is -2.54. The number of nitrogens with one attached hydrogen (secondary N) is 1. The van der Waals surface area contributed by atoms with E-state index in [0.717, 1.165) is 4.47 Å². The fourth-order valence-electron chi connectivity index (χ4n) is 2.05. The zero-order valence-electron chi connectivity index (χ0n) is 14.0. The standard InChI is InChI=1S/C18H19BrN2O4/c1-3-24-16-8-5-12(10-17(16)25-4-2)18(23)21-20-11-13-9-14(19)6-7-15(13)22/h5-11,22H,3-4H2,1-2H3,(H,21,23)/b20-11+. The number of hydrogen-bond donors (Lipinski definition) is 2. The van der Waals surface area contributed by atoms with Crippen LogP contribution in [0.25, 0.3) is 0 Å². The molecule has 0 saturated carbocycles. The molecule has 1 amide bonds. The zero-order chi connectivity index (χ0) is 18.2. The Morgan fingerprint density at radius 1 is 1.16 bits per heavy atom. The van der Waals surface area contributed by atoms with Crippen molar-refractivity contribution >= 4 is 28.1 Å². The van der Waals surface area contributed by atoms with Crippen molar-refractivity contribution in [2.24, 2.45) is 5.10 Å². The molecule has 0 aromatic heterocycles.